The lowest BCUT2D eigenvalue weighted by atomic mass is 10.1. The first-order valence-electron chi connectivity index (χ1n) is 10.1. The quantitative estimate of drug-likeness (QED) is 0.267. The molecule has 11 heteroatoms. The van der Waals surface area contributed by atoms with Gasteiger partial charge in [-0.2, -0.15) is 0 Å². The zero-order valence-electron chi connectivity index (χ0n) is 18.4. The topological polar surface area (TPSA) is 137 Å². The maximum Gasteiger partial charge on any atom is 0.336 e. The minimum Gasteiger partial charge on any atom is -0.495 e. The number of nitrogens with one attached hydrogen (secondary N) is 1. The Bertz CT molecular complexity index is 1380. The van der Waals surface area contributed by atoms with E-state index in [1.54, 1.807) is 30.5 Å². The van der Waals surface area contributed by atoms with Crippen molar-refractivity contribution in [1.29, 1.82) is 0 Å². The van der Waals surface area contributed by atoms with Gasteiger partial charge in [0, 0.05) is 29.7 Å². The van der Waals surface area contributed by atoms with Crippen molar-refractivity contribution in [1.82, 2.24) is 14.9 Å². The van der Waals surface area contributed by atoms with E-state index < -0.39 is 22.8 Å². The zero-order chi connectivity index (χ0) is 24.6. The van der Waals surface area contributed by atoms with E-state index in [9.17, 15) is 24.5 Å². The monoisotopic (exact) mass is 461 g/mol. The summed E-state index contributed by atoms with van der Waals surface area (Å²) in [6.45, 7) is 3.52. The molecule has 11 nitrogen and oxygen atoms in total. The first kappa shape index (κ1) is 22.4. The second kappa shape index (κ2) is 8.62. The molecular weight excluding hydrogens is 442 g/mol. The Morgan fingerprint density at radius 1 is 1.15 bits per heavy atom. The van der Waals surface area contributed by atoms with E-state index in [1.165, 1.54) is 49.8 Å². The van der Waals surface area contributed by atoms with Crippen molar-refractivity contribution in [2.24, 2.45) is 0 Å². The van der Waals surface area contributed by atoms with E-state index in [1.807, 2.05) is 0 Å². The molecule has 0 unspecified atom stereocenters. The highest BCUT2D eigenvalue weighted by molar-refractivity contribution is 6.39. The average Bonchev–Trinajstić information content (AvgIpc) is 3.09. The lowest BCUT2D eigenvalue weighted by Crippen LogP contribution is -2.54. The van der Waals surface area contributed by atoms with Gasteiger partial charge in [0.2, 0.25) is 0 Å². The predicted molar refractivity (Wildman–Crippen MR) is 122 cm³/mol. The molecule has 1 N–H and O–H groups in total. The molecule has 1 fully saturated rings. The van der Waals surface area contributed by atoms with Crippen LogP contribution in [0.1, 0.15) is 17.0 Å². The van der Waals surface area contributed by atoms with Crippen LogP contribution in [0.5, 0.6) is 5.75 Å². The highest BCUT2D eigenvalue weighted by Crippen LogP contribution is 2.32. The second-order valence-electron chi connectivity index (χ2n) is 7.44. The molecule has 172 valence electrons. The summed E-state index contributed by atoms with van der Waals surface area (Å²) >= 11 is 0. The van der Waals surface area contributed by atoms with Crippen molar-refractivity contribution in [3.05, 3.63) is 81.4 Å². The number of non-ortho nitro benzene ring substituents is 1. The number of hydrogen-bond donors (Lipinski definition) is 1. The van der Waals surface area contributed by atoms with Gasteiger partial charge in [-0.3, -0.25) is 30.0 Å². The first-order valence-corrected chi connectivity index (χ1v) is 10.1. The molecule has 3 aromatic rings. The van der Waals surface area contributed by atoms with Crippen molar-refractivity contribution >= 4 is 35.3 Å². The number of nitro benzene ring substituents is 1. The van der Waals surface area contributed by atoms with Gasteiger partial charge in [-0.25, -0.2) is 9.69 Å². The lowest BCUT2D eigenvalue weighted by molar-refractivity contribution is -0.384. The van der Waals surface area contributed by atoms with E-state index in [0.29, 0.717) is 28.4 Å². The number of imide groups is 2. The van der Waals surface area contributed by atoms with Gasteiger partial charge in [-0.05, 0) is 49.8 Å². The molecule has 1 aromatic carbocycles. The number of hydrogen-bond acceptors (Lipinski definition) is 7. The van der Waals surface area contributed by atoms with Gasteiger partial charge in [-0.1, -0.05) is 0 Å². The molecule has 2 aromatic heterocycles. The van der Waals surface area contributed by atoms with Gasteiger partial charge in [0.25, 0.3) is 17.5 Å². The van der Waals surface area contributed by atoms with Crippen LogP contribution in [0.15, 0.2) is 54.4 Å². The number of aryl methyl sites for hydroxylation is 1. The van der Waals surface area contributed by atoms with Gasteiger partial charge in [0.15, 0.2) is 0 Å². The molecule has 0 saturated carbocycles. The fourth-order valence-electron chi connectivity index (χ4n) is 3.80. The van der Waals surface area contributed by atoms with Crippen molar-refractivity contribution in [2.75, 3.05) is 12.0 Å². The zero-order valence-corrected chi connectivity index (χ0v) is 18.4. The minimum absolute atomic E-state index is 0.115. The third-order valence-corrected chi connectivity index (χ3v) is 5.39. The number of carbonyl (C=O) groups is 3. The number of barbiturate groups is 1. The number of nitrogens with zero attached hydrogens (tertiary/aromatic N) is 4. The lowest BCUT2D eigenvalue weighted by Gasteiger charge is -2.26. The molecule has 1 saturated heterocycles. The Morgan fingerprint density at radius 2 is 1.91 bits per heavy atom. The Morgan fingerprint density at radius 3 is 2.56 bits per heavy atom. The van der Waals surface area contributed by atoms with E-state index in [4.69, 9.17) is 4.74 Å². The molecule has 0 bridgehead atoms. The summed E-state index contributed by atoms with van der Waals surface area (Å²) in [5.74, 6) is -1.21. The Hall–Kier alpha value is -4.80. The second-order valence-corrected chi connectivity index (χ2v) is 7.44. The number of urea groups is 1. The first-order chi connectivity index (χ1) is 16.2. The third-order valence-electron chi connectivity index (χ3n) is 5.39. The summed E-state index contributed by atoms with van der Waals surface area (Å²) in [4.78, 5) is 53.5. The fraction of sp³-hybridized carbons (Fsp3) is 0.130. The molecule has 34 heavy (non-hydrogen) atoms. The van der Waals surface area contributed by atoms with E-state index in [0.717, 1.165) is 4.90 Å². The van der Waals surface area contributed by atoms with Crippen LogP contribution >= 0.6 is 0 Å². The van der Waals surface area contributed by atoms with Crippen molar-refractivity contribution in [3.63, 3.8) is 0 Å². The number of pyridine rings is 1. The molecular formula is C23H19N5O6. The van der Waals surface area contributed by atoms with Crippen molar-refractivity contribution in [3.8, 4) is 11.4 Å². The summed E-state index contributed by atoms with van der Waals surface area (Å²) in [5, 5.41) is 13.5. The Kier molecular flexibility index (Phi) is 5.68. The van der Waals surface area contributed by atoms with Crippen molar-refractivity contribution in [2.45, 2.75) is 13.8 Å². The molecule has 0 atom stereocenters. The minimum atomic E-state index is -0.869. The highest BCUT2D eigenvalue weighted by Gasteiger charge is 2.37. The van der Waals surface area contributed by atoms with Crippen LogP contribution in [0.3, 0.4) is 0 Å². The number of anilines is 1. The van der Waals surface area contributed by atoms with Crippen LogP contribution in [-0.2, 0) is 9.59 Å². The SMILES string of the molecule is COc1ccc([N+](=O)[O-])cc1-n1c(C)cc(/C=C2\C(=O)NC(=O)N(c3cccnc3)C2=O)c1C. The number of rotatable bonds is 5. The summed E-state index contributed by atoms with van der Waals surface area (Å²) in [5.41, 5.74) is 2.11. The number of ether oxygens (including phenoxy) is 1. The molecule has 4 rings (SSSR count). The number of amides is 4. The van der Waals surface area contributed by atoms with E-state index in [-0.39, 0.29) is 16.9 Å². The van der Waals surface area contributed by atoms with Crippen LogP contribution in [0.4, 0.5) is 16.2 Å². The standard InChI is InChI=1S/C23H19N5O6/c1-13-9-15(14(2)26(13)19-11-16(28(32)33)6-7-20(19)34-3)10-18-21(29)25-23(31)27(22(18)30)17-5-4-8-24-12-17/h4-12H,1-3H3,(H,25,29,31)/b18-10+. The van der Waals surface area contributed by atoms with Gasteiger partial charge in [-0.15, -0.1) is 0 Å². The summed E-state index contributed by atoms with van der Waals surface area (Å²) < 4.78 is 7.12. The summed E-state index contributed by atoms with van der Waals surface area (Å²) in [6.07, 6.45) is 4.22. The van der Waals surface area contributed by atoms with Gasteiger partial charge < -0.3 is 9.30 Å². The van der Waals surface area contributed by atoms with Crippen LogP contribution < -0.4 is 15.0 Å². The van der Waals surface area contributed by atoms with Crippen LogP contribution in [0, 0.1) is 24.0 Å². The molecule has 4 amide bonds. The number of carbonyl (C=O) groups excluding carboxylic acids is 3. The van der Waals surface area contributed by atoms with Crippen molar-refractivity contribution < 1.29 is 24.0 Å². The van der Waals surface area contributed by atoms with Crippen LogP contribution in [0.25, 0.3) is 11.8 Å². The van der Waals surface area contributed by atoms with E-state index in [2.05, 4.69) is 10.3 Å². The van der Waals surface area contributed by atoms with Gasteiger partial charge in [0.1, 0.15) is 11.3 Å². The smallest absolute Gasteiger partial charge is 0.336 e. The maximum atomic E-state index is 13.1. The molecule has 1 aliphatic rings. The number of aromatic nitrogens is 2. The highest BCUT2D eigenvalue weighted by atomic mass is 16.6. The number of benzene rings is 1. The Balaban J connectivity index is 1.81. The summed E-state index contributed by atoms with van der Waals surface area (Å²) in [7, 11) is 1.46. The van der Waals surface area contributed by atoms with E-state index >= 15 is 0 Å². The molecule has 0 spiro atoms. The van der Waals surface area contributed by atoms with Crippen LogP contribution in [-0.4, -0.2) is 39.4 Å². The Labute approximate surface area is 193 Å². The molecule has 0 aliphatic carbocycles. The number of methoxy groups -OCH3 is 1. The fourth-order valence-corrected chi connectivity index (χ4v) is 3.80. The maximum absolute atomic E-state index is 13.1. The molecule has 3 heterocycles. The summed E-state index contributed by atoms with van der Waals surface area (Å²) in [6, 6.07) is 8.18. The third kappa shape index (κ3) is 3.79. The van der Waals surface area contributed by atoms with Crippen LogP contribution in [0.2, 0.25) is 0 Å². The predicted octanol–water partition coefficient (Wildman–Crippen LogP) is 3.07. The normalized spacial score (nSPS) is 15.0. The molecule has 0 radical (unpaired) electrons. The van der Waals surface area contributed by atoms with Gasteiger partial charge >= 0.3 is 6.03 Å². The van der Waals surface area contributed by atoms with Gasteiger partial charge in [0.05, 0.1) is 29.6 Å². The average molecular weight is 461 g/mol. The largest absolute Gasteiger partial charge is 0.495 e. The molecule has 1 aliphatic heterocycles. The number of nitro groups is 1.